The lowest BCUT2D eigenvalue weighted by molar-refractivity contribution is -0.119. The van der Waals surface area contributed by atoms with Crippen molar-refractivity contribution in [2.24, 2.45) is 0 Å². The van der Waals surface area contributed by atoms with Crippen LogP contribution in [0.1, 0.15) is 12.0 Å². The number of thiocarbonyl (C=S) groups is 1. The van der Waals surface area contributed by atoms with Gasteiger partial charge in [-0.1, -0.05) is 60.7 Å². The molecule has 4 rings (SSSR count). The molecule has 0 saturated carbocycles. The van der Waals surface area contributed by atoms with Crippen LogP contribution in [0.3, 0.4) is 0 Å². The van der Waals surface area contributed by atoms with Gasteiger partial charge in [0.15, 0.2) is 10.2 Å². The summed E-state index contributed by atoms with van der Waals surface area (Å²) >= 11 is 7.14. The van der Waals surface area contributed by atoms with E-state index < -0.39 is 0 Å². The highest BCUT2D eigenvalue weighted by molar-refractivity contribution is 7.80. The first-order valence-electron chi connectivity index (χ1n) is 10.1. The molecule has 2 heterocycles. The summed E-state index contributed by atoms with van der Waals surface area (Å²) in [4.78, 5) is 21.4. The molecule has 1 aliphatic heterocycles. The molecular weight excluding hydrogens is 412 g/mol. The predicted molar refractivity (Wildman–Crippen MR) is 127 cm³/mol. The number of hydrogen-bond acceptors (Lipinski definition) is 5. The highest BCUT2D eigenvalue weighted by atomic mass is 32.1. The van der Waals surface area contributed by atoms with E-state index >= 15 is 0 Å². The monoisotopic (exact) mass is 436 g/mol. The Kier molecular flexibility index (Phi) is 6.71. The van der Waals surface area contributed by atoms with Crippen molar-refractivity contribution in [3.05, 3.63) is 71.6 Å². The molecule has 1 aromatic heterocycles. The van der Waals surface area contributed by atoms with Crippen molar-refractivity contribution in [3.63, 3.8) is 0 Å². The molecule has 2 aromatic carbocycles. The Morgan fingerprint density at radius 1 is 1.00 bits per heavy atom. The fourth-order valence-corrected chi connectivity index (χ4v) is 4.60. The van der Waals surface area contributed by atoms with E-state index in [-0.39, 0.29) is 5.91 Å². The number of anilines is 1. The third-order valence-electron chi connectivity index (χ3n) is 5.13. The first-order chi connectivity index (χ1) is 14.7. The Bertz CT molecular complexity index is 983. The van der Waals surface area contributed by atoms with E-state index in [1.54, 1.807) is 11.3 Å². The lowest BCUT2D eigenvalue weighted by Gasteiger charge is -2.35. The molecular formula is C23H24N4OS2. The van der Waals surface area contributed by atoms with Crippen LogP contribution >= 0.6 is 23.6 Å². The SMILES string of the molecule is O=C(CCc1ccccc1)NC(=S)N1CCN(c2nc(-c3ccccc3)cs2)CC1. The Balaban J connectivity index is 1.24. The van der Waals surface area contributed by atoms with Gasteiger partial charge in [0.2, 0.25) is 5.91 Å². The standard InChI is InChI=1S/C23H24N4OS2/c28-21(12-11-18-7-3-1-4-8-18)25-22(29)26-13-15-27(16-14-26)23-24-20(17-30-23)19-9-5-2-6-10-19/h1-10,17H,11-16H2,(H,25,28,29). The van der Waals surface area contributed by atoms with Crippen LogP contribution in [0.15, 0.2) is 66.0 Å². The number of hydrogen-bond donors (Lipinski definition) is 1. The van der Waals surface area contributed by atoms with Gasteiger partial charge >= 0.3 is 0 Å². The number of thiazole rings is 1. The Morgan fingerprint density at radius 3 is 2.37 bits per heavy atom. The molecule has 1 N–H and O–H groups in total. The average Bonchev–Trinajstić information content (AvgIpc) is 3.29. The smallest absolute Gasteiger partial charge is 0.226 e. The molecule has 1 saturated heterocycles. The maximum atomic E-state index is 12.2. The van der Waals surface area contributed by atoms with Gasteiger partial charge in [0.05, 0.1) is 5.69 Å². The highest BCUT2D eigenvalue weighted by Crippen LogP contribution is 2.27. The average molecular weight is 437 g/mol. The van der Waals surface area contributed by atoms with Crippen molar-refractivity contribution in [2.75, 3.05) is 31.1 Å². The first-order valence-corrected chi connectivity index (χ1v) is 11.4. The molecule has 0 radical (unpaired) electrons. The maximum Gasteiger partial charge on any atom is 0.226 e. The van der Waals surface area contributed by atoms with E-state index in [9.17, 15) is 4.79 Å². The van der Waals surface area contributed by atoms with Gasteiger partial charge in [-0.25, -0.2) is 4.98 Å². The summed E-state index contributed by atoms with van der Waals surface area (Å²) in [7, 11) is 0. The van der Waals surface area contributed by atoms with Crippen LogP contribution in [0, 0.1) is 0 Å². The van der Waals surface area contributed by atoms with E-state index in [2.05, 4.69) is 32.6 Å². The Labute approximate surface area is 186 Å². The van der Waals surface area contributed by atoms with Crippen LogP contribution in [0.25, 0.3) is 11.3 Å². The van der Waals surface area contributed by atoms with Crippen LogP contribution in [0.2, 0.25) is 0 Å². The largest absolute Gasteiger partial charge is 0.345 e. The van der Waals surface area contributed by atoms with Crippen molar-refractivity contribution in [1.82, 2.24) is 15.2 Å². The summed E-state index contributed by atoms with van der Waals surface area (Å²) < 4.78 is 0. The minimum atomic E-state index is -0.0290. The molecule has 0 unspecified atom stereocenters. The van der Waals surface area contributed by atoms with Crippen molar-refractivity contribution < 1.29 is 4.79 Å². The molecule has 0 atom stereocenters. The number of aromatic nitrogens is 1. The second-order valence-electron chi connectivity index (χ2n) is 7.19. The summed E-state index contributed by atoms with van der Waals surface area (Å²) in [6.45, 7) is 3.22. The quantitative estimate of drug-likeness (QED) is 0.614. The molecule has 3 aromatic rings. The molecule has 30 heavy (non-hydrogen) atoms. The fraction of sp³-hybridized carbons (Fsp3) is 0.261. The van der Waals surface area contributed by atoms with Crippen molar-refractivity contribution in [3.8, 4) is 11.3 Å². The molecule has 154 valence electrons. The molecule has 1 amide bonds. The highest BCUT2D eigenvalue weighted by Gasteiger charge is 2.22. The van der Waals surface area contributed by atoms with E-state index in [1.807, 2.05) is 48.5 Å². The van der Waals surface area contributed by atoms with Crippen LogP contribution in [-0.4, -0.2) is 47.1 Å². The minimum absolute atomic E-state index is 0.0290. The van der Waals surface area contributed by atoms with E-state index in [1.165, 1.54) is 0 Å². The number of nitrogens with zero attached hydrogens (tertiary/aromatic N) is 3. The third-order valence-corrected chi connectivity index (χ3v) is 6.39. The predicted octanol–water partition coefficient (Wildman–Crippen LogP) is 3.97. The number of rotatable bonds is 5. The van der Waals surface area contributed by atoms with Crippen LogP contribution in [0.4, 0.5) is 5.13 Å². The summed E-state index contributed by atoms with van der Waals surface area (Å²) in [5.41, 5.74) is 3.31. The number of benzene rings is 2. The van der Waals surface area contributed by atoms with Gasteiger partial charge in [-0.2, -0.15) is 0 Å². The lowest BCUT2D eigenvalue weighted by Crippen LogP contribution is -2.52. The molecule has 0 aliphatic carbocycles. The van der Waals surface area contributed by atoms with Crippen LogP contribution < -0.4 is 10.2 Å². The Hall–Kier alpha value is -2.77. The van der Waals surface area contributed by atoms with E-state index in [0.29, 0.717) is 11.5 Å². The number of aryl methyl sites for hydroxylation is 1. The van der Waals surface area contributed by atoms with Gasteiger partial charge in [-0.15, -0.1) is 11.3 Å². The number of nitrogens with one attached hydrogen (secondary N) is 1. The van der Waals surface area contributed by atoms with Gasteiger partial charge < -0.3 is 15.1 Å². The fourth-order valence-electron chi connectivity index (χ4n) is 3.42. The molecule has 0 bridgehead atoms. The molecule has 0 spiro atoms. The second kappa shape index (κ2) is 9.82. The van der Waals surface area contributed by atoms with Crippen LogP contribution in [-0.2, 0) is 11.2 Å². The topological polar surface area (TPSA) is 48.5 Å². The number of carbonyl (C=O) groups is 1. The molecule has 1 aliphatic rings. The molecule has 1 fully saturated rings. The van der Waals surface area contributed by atoms with Crippen LogP contribution in [0.5, 0.6) is 0 Å². The molecule has 7 heteroatoms. The van der Waals surface area contributed by atoms with Crippen molar-refractivity contribution >= 4 is 39.7 Å². The molecule has 5 nitrogen and oxygen atoms in total. The summed E-state index contributed by atoms with van der Waals surface area (Å²) in [6.07, 6.45) is 1.16. The minimum Gasteiger partial charge on any atom is -0.345 e. The Morgan fingerprint density at radius 2 is 1.67 bits per heavy atom. The van der Waals surface area contributed by atoms with Gasteiger partial charge in [0, 0.05) is 43.5 Å². The first kappa shape index (κ1) is 20.5. The summed E-state index contributed by atoms with van der Waals surface area (Å²) in [5.74, 6) is -0.0290. The van der Waals surface area contributed by atoms with E-state index in [0.717, 1.165) is 54.6 Å². The number of amides is 1. The van der Waals surface area contributed by atoms with E-state index in [4.69, 9.17) is 17.2 Å². The summed E-state index contributed by atoms with van der Waals surface area (Å²) in [6, 6.07) is 20.3. The zero-order valence-electron chi connectivity index (χ0n) is 16.7. The van der Waals surface area contributed by atoms with Gasteiger partial charge in [-0.3, -0.25) is 4.79 Å². The maximum absolute atomic E-state index is 12.2. The normalized spacial score (nSPS) is 13.9. The van der Waals surface area contributed by atoms with Gasteiger partial charge in [0.25, 0.3) is 0 Å². The van der Waals surface area contributed by atoms with Crippen molar-refractivity contribution in [2.45, 2.75) is 12.8 Å². The van der Waals surface area contributed by atoms with Crippen molar-refractivity contribution in [1.29, 1.82) is 0 Å². The summed E-state index contributed by atoms with van der Waals surface area (Å²) in [5, 5.41) is 6.55. The third kappa shape index (κ3) is 5.23. The lowest BCUT2D eigenvalue weighted by atomic mass is 10.1. The second-order valence-corrected chi connectivity index (χ2v) is 8.42. The van der Waals surface area contributed by atoms with Gasteiger partial charge in [0.1, 0.15) is 0 Å². The zero-order chi connectivity index (χ0) is 20.8. The zero-order valence-corrected chi connectivity index (χ0v) is 18.3. The number of carbonyl (C=O) groups excluding carboxylic acids is 1. The van der Waals surface area contributed by atoms with Gasteiger partial charge in [-0.05, 0) is 24.2 Å². The number of piperazine rings is 1.